The molecule has 1 aromatic heterocycles. The smallest absolute Gasteiger partial charge is 0.353 e. The fourth-order valence-corrected chi connectivity index (χ4v) is 1.71. The molecule has 0 bridgehead atoms. The van der Waals surface area contributed by atoms with Gasteiger partial charge in [-0.25, -0.2) is 4.68 Å². The van der Waals surface area contributed by atoms with Crippen molar-refractivity contribution in [2.45, 2.75) is 39.8 Å². The van der Waals surface area contributed by atoms with Crippen molar-refractivity contribution in [3.05, 3.63) is 15.8 Å². The van der Waals surface area contributed by atoms with Crippen LogP contribution in [0.4, 0.5) is 5.69 Å². The Bertz CT molecular complexity index is 428. The van der Waals surface area contributed by atoms with Crippen LogP contribution in [-0.2, 0) is 0 Å². The number of nitrogens with one attached hydrogen (secondary N) is 1. The first-order valence-electron chi connectivity index (χ1n) is 5.93. The van der Waals surface area contributed by atoms with Gasteiger partial charge in [0.2, 0.25) is 0 Å². The number of rotatable bonds is 6. The van der Waals surface area contributed by atoms with Gasteiger partial charge in [0, 0.05) is 6.54 Å². The number of aryl methyl sites for hydroxylation is 1. The number of nitro groups is 1. The molecular formula is C11H20N4O3. The van der Waals surface area contributed by atoms with Crippen LogP contribution in [0.25, 0.3) is 0 Å². The van der Waals surface area contributed by atoms with Crippen molar-refractivity contribution in [3.63, 3.8) is 0 Å². The minimum Gasteiger partial charge on any atom is -0.469 e. The van der Waals surface area contributed by atoms with E-state index in [4.69, 9.17) is 4.74 Å². The summed E-state index contributed by atoms with van der Waals surface area (Å²) in [6.45, 7) is 7.90. The first-order chi connectivity index (χ1) is 8.38. The Kier molecular flexibility index (Phi) is 4.66. The lowest BCUT2D eigenvalue weighted by Gasteiger charge is -2.16. The molecule has 1 aromatic rings. The SMILES string of the molecule is CNCC(C)Oc1c([N+](=O)[O-])c(C)nn1C(C)C. The highest BCUT2D eigenvalue weighted by Gasteiger charge is 2.29. The van der Waals surface area contributed by atoms with Gasteiger partial charge in [-0.15, -0.1) is 0 Å². The predicted octanol–water partition coefficient (Wildman–Crippen LogP) is 1.67. The Morgan fingerprint density at radius 3 is 2.56 bits per heavy atom. The molecule has 102 valence electrons. The molecule has 0 aliphatic heterocycles. The van der Waals surface area contributed by atoms with Crippen molar-refractivity contribution in [1.29, 1.82) is 0 Å². The van der Waals surface area contributed by atoms with Gasteiger partial charge in [0.15, 0.2) is 0 Å². The monoisotopic (exact) mass is 256 g/mol. The highest BCUT2D eigenvalue weighted by molar-refractivity contribution is 5.46. The molecule has 0 radical (unpaired) electrons. The fourth-order valence-electron chi connectivity index (χ4n) is 1.71. The summed E-state index contributed by atoms with van der Waals surface area (Å²) in [5, 5.41) is 18.2. The van der Waals surface area contributed by atoms with E-state index in [-0.39, 0.29) is 23.7 Å². The standard InChI is InChI=1S/C11H20N4O3/c1-7(2)14-11(18-8(3)6-12-5)10(15(16)17)9(4)13-14/h7-8,12H,6H2,1-5H3. The minimum absolute atomic E-state index is 0.00851. The van der Waals surface area contributed by atoms with E-state index in [1.165, 1.54) is 0 Å². The van der Waals surface area contributed by atoms with Crippen LogP contribution in [0.2, 0.25) is 0 Å². The lowest BCUT2D eigenvalue weighted by Crippen LogP contribution is -2.27. The summed E-state index contributed by atoms with van der Waals surface area (Å²) in [4.78, 5) is 10.6. The van der Waals surface area contributed by atoms with Crippen LogP contribution in [-0.4, -0.2) is 34.4 Å². The third-order valence-electron chi connectivity index (χ3n) is 2.49. The minimum atomic E-state index is -0.442. The van der Waals surface area contributed by atoms with E-state index in [9.17, 15) is 10.1 Å². The van der Waals surface area contributed by atoms with E-state index in [0.29, 0.717) is 12.2 Å². The van der Waals surface area contributed by atoms with Crippen LogP contribution >= 0.6 is 0 Å². The van der Waals surface area contributed by atoms with E-state index in [1.807, 2.05) is 20.8 Å². The van der Waals surface area contributed by atoms with Gasteiger partial charge >= 0.3 is 5.69 Å². The highest BCUT2D eigenvalue weighted by atomic mass is 16.6. The van der Waals surface area contributed by atoms with Crippen molar-refractivity contribution >= 4 is 5.69 Å². The molecule has 0 saturated carbocycles. The normalized spacial score (nSPS) is 12.8. The van der Waals surface area contributed by atoms with Gasteiger partial charge in [0.25, 0.3) is 5.88 Å². The lowest BCUT2D eigenvalue weighted by atomic mass is 10.3. The third-order valence-corrected chi connectivity index (χ3v) is 2.49. The van der Waals surface area contributed by atoms with E-state index < -0.39 is 4.92 Å². The topological polar surface area (TPSA) is 82.2 Å². The molecular weight excluding hydrogens is 236 g/mol. The zero-order valence-corrected chi connectivity index (χ0v) is 11.4. The molecule has 0 saturated heterocycles. The van der Waals surface area contributed by atoms with Gasteiger partial charge in [-0.2, -0.15) is 5.10 Å². The second-order valence-corrected chi connectivity index (χ2v) is 4.52. The molecule has 1 atom stereocenters. The van der Waals surface area contributed by atoms with Gasteiger partial charge in [-0.3, -0.25) is 10.1 Å². The van der Waals surface area contributed by atoms with Crippen molar-refractivity contribution in [2.75, 3.05) is 13.6 Å². The number of hydrogen-bond acceptors (Lipinski definition) is 5. The van der Waals surface area contributed by atoms with Gasteiger partial charge in [0.1, 0.15) is 11.8 Å². The van der Waals surface area contributed by atoms with Crippen molar-refractivity contribution in [1.82, 2.24) is 15.1 Å². The Hall–Kier alpha value is -1.63. The van der Waals surface area contributed by atoms with Gasteiger partial charge in [-0.1, -0.05) is 0 Å². The summed E-state index contributed by atoms with van der Waals surface area (Å²) in [5.74, 6) is 0.232. The van der Waals surface area contributed by atoms with Crippen LogP contribution in [0.3, 0.4) is 0 Å². The van der Waals surface area contributed by atoms with E-state index >= 15 is 0 Å². The van der Waals surface area contributed by atoms with Crippen LogP contribution in [0, 0.1) is 17.0 Å². The molecule has 0 aromatic carbocycles. The number of ether oxygens (including phenoxy) is 1. The maximum Gasteiger partial charge on any atom is 0.353 e. The molecule has 1 N–H and O–H groups in total. The van der Waals surface area contributed by atoms with Crippen LogP contribution in [0.1, 0.15) is 32.5 Å². The number of likely N-dealkylation sites (N-methyl/N-ethyl adjacent to an activating group) is 1. The summed E-state index contributed by atoms with van der Waals surface area (Å²) < 4.78 is 7.21. The summed E-state index contributed by atoms with van der Waals surface area (Å²) in [6.07, 6.45) is -0.165. The van der Waals surface area contributed by atoms with Gasteiger partial charge in [0.05, 0.1) is 11.0 Å². The lowest BCUT2D eigenvalue weighted by molar-refractivity contribution is -0.386. The van der Waals surface area contributed by atoms with Crippen molar-refractivity contribution in [2.24, 2.45) is 0 Å². The maximum absolute atomic E-state index is 11.1. The molecule has 1 heterocycles. The Balaban J connectivity index is 3.15. The average Bonchev–Trinajstić information content (AvgIpc) is 2.55. The Morgan fingerprint density at radius 1 is 1.50 bits per heavy atom. The summed E-state index contributed by atoms with van der Waals surface area (Å²) >= 11 is 0. The van der Waals surface area contributed by atoms with Gasteiger partial charge < -0.3 is 10.1 Å². The van der Waals surface area contributed by atoms with E-state index in [1.54, 1.807) is 18.7 Å². The zero-order chi connectivity index (χ0) is 13.9. The maximum atomic E-state index is 11.1. The Labute approximate surface area is 106 Å². The first-order valence-corrected chi connectivity index (χ1v) is 5.93. The summed E-state index contributed by atoms with van der Waals surface area (Å²) in [6, 6.07) is 0.00851. The molecule has 1 rings (SSSR count). The zero-order valence-electron chi connectivity index (χ0n) is 11.4. The van der Waals surface area contributed by atoms with Crippen LogP contribution in [0.5, 0.6) is 5.88 Å². The molecule has 0 amide bonds. The average molecular weight is 256 g/mol. The third kappa shape index (κ3) is 2.98. The number of nitrogens with zero attached hydrogens (tertiary/aromatic N) is 3. The molecule has 0 aliphatic carbocycles. The molecule has 1 unspecified atom stereocenters. The van der Waals surface area contributed by atoms with Gasteiger partial charge in [-0.05, 0) is 34.7 Å². The van der Waals surface area contributed by atoms with E-state index in [0.717, 1.165) is 0 Å². The van der Waals surface area contributed by atoms with Crippen LogP contribution in [0.15, 0.2) is 0 Å². The molecule has 7 nitrogen and oxygen atoms in total. The Morgan fingerprint density at radius 2 is 2.11 bits per heavy atom. The molecule has 0 spiro atoms. The molecule has 0 fully saturated rings. The largest absolute Gasteiger partial charge is 0.469 e. The van der Waals surface area contributed by atoms with Crippen LogP contribution < -0.4 is 10.1 Å². The summed E-state index contributed by atoms with van der Waals surface area (Å²) in [5.41, 5.74) is 0.326. The van der Waals surface area contributed by atoms with E-state index in [2.05, 4.69) is 10.4 Å². The second-order valence-electron chi connectivity index (χ2n) is 4.52. The second kappa shape index (κ2) is 5.81. The molecule has 18 heavy (non-hydrogen) atoms. The molecule has 7 heteroatoms. The quantitative estimate of drug-likeness (QED) is 0.618. The van der Waals surface area contributed by atoms with Crippen molar-refractivity contribution in [3.8, 4) is 5.88 Å². The summed E-state index contributed by atoms with van der Waals surface area (Å²) in [7, 11) is 1.80. The number of hydrogen-bond donors (Lipinski definition) is 1. The van der Waals surface area contributed by atoms with Crippen molar-refractivity contribution < 1.29 is 9.66 Å². The first kappa shape index (κ1) is 14.4. The fraction of sp³-hybridized carbons (Fsp3) is 0.727. The number of aromatic nitrogens is 2. The molecule has 0 aliphatic rings. The predicted molar refractivity (Wildman–Crippen MR) is 68.0 cm³/mol. The highest BCUT2D eigenvalue weighted by Crippen LogP contribution is 2.33.